The van der Waals surface area contributed by atoms with Crippen LogP contribution in [0.2, 0.25) is 0 Å². The molecule has 0 aliphatic carbocycles. The molecule has 3 aromatic carbocycles. The van der Waals surface area contributed by atoms with E-state index in [1.807, 2.05) is 58.9 Å². The summed E-state index contributed by atoms with van der Waals surface area (Å²) in [6.45, 7) is 3.32. The van der Waals surface area contributed by atoms with E-state index in [1.165, 1.54) is 13.2 Å². The highest BCUT2D eigenvalue weighted by molar-refractivity contribution is 6.07. The minimum absolute atomic E-state index is 0.0473. The first kappa shape index (κ1) is 22.1. The van der Waals surface area contributed by atoms with Crippen LogP contribution in [0.15, 0.2) is 60.7 Å². The molecule has 6 heteroatoms. The van der Waals surface area contributed by atoms with Crippen LogP contribution in [-0.4, -0.2) is 41.5 Å². The van der Waals surface area contributed by atoms with Crippen molar-refractivity contribution in [1.29, 1.82) is 0 Å². The molecule has 0 saturated carbocycles. The Hall–Kier alpha value is -3.67. The molecule has 1 amide bonds. The van der Waals surface area contributed by atoms with Gasteiger partial charge >= 0.3 is 5.97 Å². The van der Waals surface area contributed by atoms with E-state index >= 15 is 0 Å². The van der Waals surface area contributed by atoms with Gasteiger partial charge in [-0.15, -0.1) is 0 Å². The summed E-state index contributed by atoms with van der Waals surface area (Å²) in [5, 5.41) is 2.86. The summed E-state index contributed by atoms with van der Waals surface area (Å²) in [4.78, 5) is 27.3. The molecule has 0 spiro atoms. The van der Waals surface area contributed by atoms with Crippen LogP contribution in [0.25, 0.3) is 21.7 Å². The number of likely N-dealkylation sites (tertiary alicyclic amines) is 1. The summed E-state index contributed by atoms with van der Waals surface area (Å²) in [6, 6.07) is 18.5. The minimum Gasteiger partial charge on any atom is -0.468 e. The van der Waals surface area contributed by atoms with Gasteiger partial charge in [-0.3, -0.25) is 9.59 Å². The molecule has 1 aliphatic heterocycles. The van der Waals surface area contributed by atoms with Gasteiger partial charge in [0.2, 0.25) is 0 Å². The second-order valence-electron chi connectivity index (χ2n) is 8.92. The first-order chi connectivity index (χ1) is 16.5. The van der Waals surface area contributed by atoms with E-state index in [1.54, 1.807) is 12.1 Å². The smallest absolute Gasteiger partial charge is 0.325 e. The number of piperidine rings is 1. The van der Waals surface area contributed by atoms with Gasteiger partial charge in [0.15, 0.2) is 0 Å². The number of halogens is 1. The van der Waals surface area contributed by atoms with Crippen LogP contribution in [0.5, 0.6) is 0 Å². The molecule has 1 fully saturated rings. The second-order valence-corrected chi connectivity index (χ2v) is 8.92. The SMILES string of the molecule is COC(=O)Cn1c(C)c(C2CCN(C(=O)c3cccc4ccccc34)CC2)c2cc(F)ccc21. The highest BCUT2D eigenvalue weighted by Crippen LogP contribution is 2.38. The number of aromatic nitrogens is 1. The van der Waals surface area contributed by atoms with Gasteiger partial charge in [0.1, 0.15) is 12.4 Å². The molecular formula is C28H27FN2O3. The number of benzene rings is 3. The maximum Gasteiger partial charge on any atom is 0.325 e. The lowest BCUT2D eigenvalue weighted by atomic mass is 9.87. The highest BCUT2D eigenvalue weighted by Gasteiger charge is 2.29. The van der Waals surface area contributed by atoms with E-state index in [2.05, 4.69) is 0 Å². The third-order valence-electron chi connectivity index (χ3n) is 7.06. The van der Waals surface area contributed by atoms with Crippen molar-refractivity contribution in [2.24, 2.45) is 0 Å². The van der Waals surface area contributed by atoms with E-state index in [-0.39, 0.29) is 30.2 Å². The van der Waals surface area contributed by atoms with Crippen molar-refractivity contribution in [2.75, 3.05) is 20.2 Å². The van der Waals surface area contributed by atoms with E-state index in [9.17, 15) is 14.0 Å². The number of fused-ring (bicyclic) bond motifs is 2. The maximum atomic E-state index is 14.2. The Morgan fingerprint density at radius 3 is 2.50 bits per heavy atom. The average molecular weight is 459 g/mol. The number of hydrogen-bond acceptors (Lipinski definition) is 3. The van der Waals surface area contributed by atoms with Gasteiger partial charge in [-0.25, -0.2) is 4.39 Å². The molecule has 0 radical (unpaired) electrons. The molecule has 5 rings (SSSR count). The van der Waals surface area contributed by atoms with Crippen molar-refractivity contribution in [1.82, 2.24) is 9.47 Å². The number of ether oxygens (including phenoxy) is 1. The van der Waals surface area contributed by atoms with Gasteiger partial charge < -0.3 is 14.2 Å². The van der Waals surface area contributed by atoms with Crippen LogP contribution >= 0.6 is 0 Å². The van der Waals surface area contributed by atoms with Gasteiger partial charge in [0.05, 0.1) is 7.11 Å². The quantitative estimate of drug-likeness (QED) is 0.383. The first-order valence-electron chi connectivity index (χ1n) is 11.6. The number of carbonyl (C=O) groups excluding carboxylic acids is 2. The molecule has 0 bridgehead atoms. The largest absolute Gasteiger partial charge is 0.468 e. The summed E-state index contributed by atoms with van der Waals surface area (Å²) >= 11 is 0. The lowest BCUT2D eigenvalue weighted by Crippen LogP contribution is -2.38. The molecule has 0 atom stereocenters. The predicted molar refractivity (Wildman–Crippen MR) is 130 cm³/mol. The zero-order valence-electron chi connectivity index (χ0n) is 19.4. The average Bonchev–Trinajstić information content (AvgIpc) is 3.13. The van der Waals surface area contributed by atoms with Gasteiger partial charge in [-0.2, -0.15) is 0 Å². The number of methoxy groups -OCH3 is 1. The van der Waals surface area contributed by atoms with Crippen molar-refractivity contribution in [2.45, 2.75) is 32.2 Å². The van der Waals surface area contributed by atoms with Crippen molar-refractivity contribution >= 4 is 33.6 Å². The Balaban J connectivity index is 1.42. The fourth-order valence-corrected chi connectivity index (χ4v) is 5.35. The topological polar surface area (TPSA) is 51.5 Å². The van der Waals surface area contributed by atoms with Crippen LogP contribution < -0.4 is 0 Å². The van der Waals surface area contributed by atoms with Crippen molar-refractivity contribution in [3.05, 3.63) is 83.3 Å². The predicted octanol–water partition coefficient (Wildman–Crippen LogP) is 5.43. The van der Waals surface area contributed by atoms with E-state index in [4.69, 9.17) is 4.74 Å². The Kier molecular flexibility index (Phi) is 5.82. The Morgan fingerprint density at radius 1 is 1.00 bits per heavy atom. The van der Waals surface area contributed by atoms with Crippen LogP contribution in [-0.2, 0) is 16.1 Å². The van der Waals surface area contributed by atoms with Crippen molar-refractivity contribution in [3.63, 3.8) is 0 Å². The zero-order valence-corrected chi connectivity index (χ0v) is 19.4. The first-order valence-corrected chi connectivity index (χ1v) is 11.6. The van der Waals surface area contributed by atoms with Gasteiger partial charge in [-0.1, -0.05) is 36.4 Å². The van der Waals surface area contributed by atoms with Crippen LogP contribution in [0.3, 0.4) is 0 Å². The summed E-state index contributed by atoms with van der Waals surface area (Å²) in [5.41, 5.74) is 3.57. The molecule has 0 N–H and O–H groups in total. The van der Waals surface area contributed by atoms with E-state index < -0.39 is 0 Å². The molecule has 0 unspecified atom stereocenters. The van der Waals surface area contributed by atoms with Gasteiger partial charge in [0.25, 0.3) is 5.91 Å². The van der Waals surface area contributed by atoms with E-state index in [0.717, 1.165) is 51.3 Å². The number of amides is 1. The van der Waals surface area contributed by atoms with E-state index in [0.29, 0.717) is 13.1 Å². The fourth-order valence-electron chi connectivity index (χ4n) is 5.35. The standard InChI is InChI=1S/C28H27FN2O3/c1-18-27(24-16-21(29)10-11-25(24)31(18)17-26(32)34-2)20-12-14-30(15-13-20)28(33)23-9-5-7-19-6-3-4-8-22(19)23/h3-11,16,20H,12-15,17H2,1-2H3. The number of rotatable bonds is 4. The monoisotopic (exact) mass is 458 g/mol. The highest BCUT2D eigenvalue weighted by atomic mass is 19.1. The lowest BCUT2D eigenvalue weighted by molar-refractivity contribution is -0.141. The summed E-state index contributed by atoms with van der Waals surface area (Å²) < 4.78 is 21.0. The maximum absolute atomic E-state index is 14.2. The molecule has 1 aliphatic rings. The molecule has 4 aromatic rings. The van der Waals surface area contributed by atoms with Crippen molar-refractivity contribution < 1.29 is 18.7 Å². The second kappa shape index (κ2) is 8.93. The Labute approximate surface area is 197 Å². The van der Waals surface area contributed by atoms with Crippen LogP contribution in [0.4, 0.5) is 4.39 Å². The van der Waals surface area contributed by atoms with Crippen LogP contribution in [0, 0.1) is 12.7 Å². The molecule has 34 heavy (non-hydrogen) atoms. The molecule has 174 valence electrons. The normalized spacial score (nSPS) is 14.6. The summed E-state index contributed by atoms with van der Waals surface area (Å²) in [7, 11) is 1.37. The van der Waals surface area contributed by atoms with Crippen LogP contribution in [0.1, 0.15) is 40.4 Å². The molecule has 2 heterocycles. The lowest BCUT2D eigenvalue weighted by Gasteiger charge is -2.33. The van der Waals surface area contributed by atoms with Gasteiger partial charge in [-0.05, 0) is 66.3 Å². The zero-order chi connectivity index (χ0) is 23.8. The van der Waals surface area contributed by atoms with Crippen molar-refractivity contribution in [3.8, 4) is 0 Å². The molecule has 1 aromatic heterocycles. The third-order valence-corrected chi connectivity index (χ3v) is 7.06. The third kappa shape index (κ3) is 3.83. The van der Waals surface area contributed by atoms with Gasteiger partial charge in [0, 0.05) is 35.2 Å². The molecular weight excluding hydrogens is 431 g/mol. The summed E-state index contributed by atoms with van der Waals surface area (Å²) in [5.74, 6) is -0.412. The number of carbonyl (C=O) groups is 2. The Morgan fingerprint density at radius 2 is 1.74 bits per heavy atom. The number of hydrogen-bond donors (Lipinski definition) is 0. The summed E-state index contributed by atoms with van der Waals surface area (Å²) in [6.07, 6.45) is 1.57. The number of esters is 1. The number of nitrogens with zero attached hydrogens (tertiary/aromatic N) is 2. The molecule has 1 saturated heterocycles. The molecule has 5 nitrogen and oxygen atoms in total. The minimum atomic E-state index is -0.341. The Bertz CT molecular complexity index is 1390. The fraction of sp³-hybridized carbons (Fsp3) is 0.286.